The maximum atomic E-state index is 10.7. The lowest BCUT2D eigenvalue weighted by Crippen LogP contribution is -2.02. The lowest BCUT2D eigenvalue weighted by atomic mass is 10.2. The molecule has 0 fully saturated rings. The van der Waals surface area contributed by atoms with Crippen molar-refractivity contribution < 1.29 is 19.8 Å². The quantitative estimate of drug-likeness (QED) is 0.467. The monoisotopic (exact) mass is 249 g/mol. The molecule has 1 atom stereocenters. The van der Waals surface area contributed by atoms with Crippen LogP contribution in [0.4, 0.5) is 0 Å². The van der Waals surface area contributed by atoms with Gasteiger partial charge in [-0.05, 0) is 6.07 Å². The summed E-state index contributed by atoms with van der Waals surface area (Å²) in [5.41, 5.74) is -0.178. The fourth-order valence-electron chi connectivity index (χ4n) is 0.702. The summed E-state index contributed by atoms with van der Waals surface area (Å²) in [6.45, 7) is 0. The van der Waals surface area contributed by atoms with Gasteiger partial charge >= 0.3 is 5.97 Å². The molecule has 0 aliphatic carbocycles. The smallest absolute Gasteiger partial charge is 0.335 e. The Morgan fingerprint density at radius 1 is 1.60 bits per heavy atom. The van der Waals surface area contributed by atoms with Crippen LogP contribution in [0.25, 0.3) is 0 Å². The summed E-state index contributed by atoms with van der Waals surface area (Å²) < 4.78 is 0. The number of nitrogens with one attached hydrogen (secondary N) is 1. The minimum atomic E-state index is -1.18. The molecule has 0 bridgehead atoms. The number of carbonyl (C=O) groups is 1. The number of benzene rings is 1. The molecule has 0 spiro atoms. The molecule has 1 aromatic rings. The fourth-order valence-corrected chi connectivity index (χ4v) is 1.17. The summed E-state index contributed by atoms with van der Waals surface area (Å²) in [7, 11) is 3.31. The number of aromatic carboxylic acids is 1. The van der Waals surface area contributed by atoms with E-state index < -0.39 is 11.7 Å². The van der Waals surface area contributed by atoms with Gasteiger partial charge in [-0.25, -0.2) is 4.79 Å². The van der Waals surface area contributed by atoms with Crippen LogP contribution in [0.2, 0.25) is 0 Å². The van der Waals surface area contributed by atoms with Crippen molar-refractivity contribution in [3.63, 3.8) is 0 Å². The highest BCUT2D eigenvalue weighted by Crippen LogP contribution is 2.10. The number of rotatable bonds is 3. The third-order valence-corrected chi connectivity index (χ3v) is 1.90. The number of carboxylic acids is 1. The van der Waals surface area contributed by atoms with Crippen LogP contribution in [-0.2, 0) is 4.84 Å². The zero-order chi connectivity index (χ0) is 11.7. The second-order valence-corrected chi connectivity index (χ2v) is 3.55. The van der Waals surface area contributed by atoms with Crippen LogP contribution in [0.5, 0.6) is 5.75 Å². The molecule has 1 aromatic carbocycles. The number of carboxylic acid groups (broad SMARTS) is 1. The van der Waals surface area contributed by atoms with E-state index in [4.69, 9.17) is 5.11 Å². The average molecular weight is 249 g/mol. The summed E-state index contributed by atoms with van der Waals surface area (Å²) in [6, 6.07) is 5.54. The predicted molar refractivity (Wildman–Crippen MR) is 61.7 cm³/mol. The molecule has 0 amide bonds. The van der Waals surface area contributed by atoms with Gasteiger partial charge in [0, 0.05) is 0 Å². The standard InChI is InChI=1S/C7H6O3.CH6NOPS/c8-6-4-2-1-3-5(6)7(9)10;1-3-2-5-4/h1-4,8H,(H,9,10);2H,4H2,1H3. The molecule has 0 aliphatic heterocycles. The van der Waals surface area contributed by atoms with Gasteiger partial charge in [-0.3, -0.25) is 4.84 Å². The largest absolute Gasteiger partial charge is 0.872 e. The Morgan fingerprint density at radius 2 is 2.20 bits per heavy atom. The lowest BCUT2D eigenvalue weighted by molar-refractivity contribution is -0.268. The van der Waals surface area contributed by atoms with Crippen molar-refractivity contribution in [3.8, 4) is 5.75 Å². The van der Waals surface area contributed by atoms with Gasteiger partial charge in [-0.2, -0.15) is 0 Å². The molecule has 1 unspecified atom stereocenters. The molecule has 0 saturated carbocycles. The molecule has 7 heteroatoms. The first-order chi connectivity index (χ1) is 7.13. The molecule has 15 heavy (non-hydrogen) atoms. The van der Waals surface area contributed by atoms with Crippen LogP contribution >= 0.6 is 20.0 Å². The van der Waals surface area contributed by atoms with Crippen LogP contribution < -0.4 is 9.99 Å². The Labute approximate surface area is 93.9 Å². The third-order valence-electron chi connectivity index (χ3n) is 1.26. The van der Waals surface area contributed by atoms with E-state index in [0.29, 0.717) is 0 Å². The molecule has 0 aromatic heterocycles. The van der Waals surface area contributed by atoms with E-state index in [-0.39, 0.29) is 5.56 Å². The molecule has 0 radical (unpaired) electrons. The first kappa shape index (κ1) is 14.2. The van der Waals surface area contributed by atoms with E-state index >= 15 is 0 Å². The normalized spacial score (nSPS) is 9.13. The van der Waals surface area contributed by atoms with Gasteiger partial charge in [0.05, 0.1) is 21.1 Å². The number of para-hydroxylation sites is 1. The summed E-state index contributed by atoms with van der Waals surface area (Å²) in [4.78, 5) is 17.2. The highest BCUT2D eigenvalue weighted by Gasteiger charge is 1.99. The van der Waals surface area contributed by atoms with E-state index in [1.165, 1.54) is 35.8 Å². The van der Waals surface area contributed by atoms with Crippen LogP contribution in [0.15, 0.2) is 24.3 Å². The highest BCUT2D eigenvalue weighted by molar-refractivity contribution is 8.42. The molecule has 1 rings (SSSR count). The van der Waals surface area contributed by atoms with Crippen molar-refractivity contribution in [2.24, 2.45) is 0 Å². The SMILES string of the molecule is CONS[PH3+].O=C(O)c1ccccc1[O-]. The first-order valence-corrected chi connectivity index (χ1v) is 6.53. The van der Waals surface area contributed by atoms with E-state index in [2.05, 4.69) is 9.72 Å². The number of hydrogen-bond acceptors (Lipinski definition) is 5. The molecule has 0 heterocycles. The molecule has 84 valence electrons. The van der Waals surface area contributed by atoms with Crippen molar-refractivity contribution in [1.82, 2.24) is 4.89 Å². The second kappa shape index (κ2) is 8.49. The maximum absolute atomic E-state index is 10.7. The summed E-state index contributed by atoms with van der Waals surface area (Å²) in [5.74, 6) is -1.62. The van der Waals surface area contributed by atoms with Crippen molar-refractivity contribution in [1.29, 1.82) is 0 Å². The molecule has 2 N–H and O–H groups in total. The van der Waals surface area contributed by atoms with Crippen molar-refractivity contribution in [2.45, 2.75) is 0 Å². The van der Waals surface area contributed by atoms with Crippen molar-refractivity contribution in [3.05, 3.63) is 29.8 Å². The van der Waals surface area contributed by atoms with Crippen molar-refractivity contribution in [2.75, 3.05) is 7.11 Å². The Kier molecular flexibility index (Phi) is 8.04. The maximum Gasteiger partial charge on any atom is 0.335 e. The Morgan fingerprint density at radius 3 is 2.47 bits per heavy atom. The van der Waals surface area contributed by atoms with Crippen LogP contribution in [0.1, 0.15) is 10.4 Å². The van der Waals surface area contributed by atoms with Gasteiger partial charge < -0.3 is 10.2 Å². The van der Waals surface area contributed by atoms with E-state index in [1.807, 2.05) is 0 Å². The highest BCUT2D eigenvalue weighted by atomic mass is 32.7. The zero-order valence-corrected chi connectivity index (χ0v) is 10.3. The minimum absolute atomic E-state index is 0.178. The van der Waals surface area contributed by atoms with E-state index in [0.717, 1.165) is 0 Å². The van der Waals surface area contributed by atoms with Crippen LogP contribution in [0.3, 0.4) is 0 Å². The number of hydrogen-bond donors (Lipinski definition) is 2. The van der Waals surface area contributed by atoms with Gasteiger partial charge in [0.15, 0.2) is 0 Å². The average Bonchev–Trinajstić information content (AvgIpc) is 2.20. The van der Waals surface area contributed by atoms with Crippen LogP contribution in [0, 0.1) is 0 Å². The fraction of sp³-hybridized carbons (Fsp3) is 0.125. The van der Waals surface area contributed by atoms with Gasteiger partial charge in [0.2, 0.25) is 0 Å². The molecule has 5 nitrogen and oxygen atoms in total. The van der Waals surface area contributed by atoms with Gasteiger partial charge in [0.1, 0.15) is 11.6 Å². The molecule has 0 aliphatic rings. The minimum Gasteiger partial charge on any atom is -0.872 e. The van der Waals surface area contributed by atoms with Gasteiger partial charge in [-0.15, -0.1) is 4.89 Å². The first-order valence-electron chi connectivity index (χ1n) is 3.81. The zero-order valence-electron chi connectivity index (χ0n) is 8.10. The van der Waals surface area contributed by atoms with Crippen molar-refractivity contribution >= 4 is 26.0 Å². The van der Waals surface area contributed by atoms with Crippen LogP contribution in [-0.4, -0.2) is 18.2 Å². The molecule has 0 saturated heterocycles. The Balaban J connectivity index is 0.000000336. The van der Waals surface area contributed by atoms with E-state index in [1.54, 1.807) is 15.6 Å². The second-order valence-electron chi connectivity index (χ2n) is 2.23. The Hall–Kier alpha value is -0.810. The molecular formula is C8H12NO4PS. The Bertz CT molecular complexity index is 308. The molecular weight excluding hydrogens is 237 g/mol. The van der Waals surface area contributed by atoms with E-state index in [9.17, 15) is 9.90 Å². The third kappa shape index (κ3) is 6.30. The lowest BCUT2D eigenvalue weighted by Gasteiger charge is -2.07. The summed E-state index contributed by atoms with van der Waals surface area (Å²) in [5, 5.41) is 19.0. The summed E-state index contributed by atoms with van der Waals surface area (Å²) >= 11 is 1.46. The predicted octanol–water partition coefficient (Wildman–Crippen LogP) is 0.766. The topological polar surface area (TPSA) is 81.6 Å². The summed E-state index contributed by atoms with van der Waals surface area (Å²) in [6.07, 6.45) is 0. The van der Waals surface area contributed by atoms with Gasteiger partial charge in [0.25, 0.3) is 0 Å². The van der Waals surface area contributed by atoms with Gasteiger partial charge in [-0.1, -0.05) is 23.9 Å².